The first kappa shape index (κ1) is 13.0. The highest BCUT2D eigenvalue weighted by molar-refractivity contribution is 7.09. The van der Waals surface area contributed by atoms with Crippen LogP contribution in [0.5, 0.6) is 0 Å². The fraction of sp³-hybridized carbons (Fsp3) is 0.267. The maximum absolute atomic E-state index is 12.6. The molecule has 0 radical (unpaired) electrons. The van der Waals surface area contributed by atoms with Gasteiger partial charge in [-0.05, 0) is 25.5 Å². The van der Waals surface area contributed by atoms with Crippen LogP contribution in [0.2, 0.25) is 0 Å². The minimum Gasteiger partial charge on any atom is -0.306 e. The summed E-state index contributed by atoms with van der Waals surface area (Å²) >= 11 is 1.46. The molecule has 102 valence electrons. The molecule has 1 aliphatic rings. The number of Topliss-reactive ketones (excluding diaryl/α,β-unsaturated/α-hetero) is 1. The SMILES string of the molecule is Cc1nc(C(=O)N2CCCC(=O)c3ccccc32)cs1. The summed E-state index contributed by atoms with van der Waals surface area (Å²) in [5.41, 5.74) is 1.78. The molecule has 0 N–H and O–H groups in total. The zero-order valence-electron chi connectivity index (χ0n) is 11.1. The van der Waals surface area contributed by atoms with Gasteiger partial charge in [-0.15, -0.1) is 11.3 Å². The van der Waals surface area contributed by atoms with E-state index in [1.54, 1.807) is 16.3 Å². The summed E-state index contributed by atoms with van der Waals surface area (Å²) in [5, 5.41) is 2.64. The van der Waals surface area contributed by atoms with E-state index in [2.05, 4.69) is 4.98 Å². The van der Waals surface area contributed by atoms with Gasteiger partial charge in [-0.2, -0.15) is 0 Å². The number of anilines is 1. The van der Waals surface area contributed by atoms with Crippen molar-refractivity contribution in [1.82, 2.24) is 4.98 Å². The predicted molar refractivity (Wildman–Crippen MR) is 78.5 cm³/mol. The molecule has 5 heteroatoms. The van der Waals surface area contributed by atoms with Gasteiger partial charge in [0.25, 0.3) is 5.91 Å². The molecule has 20 heavy (non-hydrogen) atoms. The third kappa shape index (κ3) is 2.25. The number of carbonyl (C=O) groups excluding carboxylic acids is 2. The van der Waals surface area contributed by atoms with E-state index in [9.17, 15) is 9.59 Å². The van der Waals surface area contributed by atoms with Crippen LogP contribution in [0.4, 0.5) is 5.69 Å². The summed E-state index contributed by atoms with van der Waals surface area (Å²) < 4.78 is 0. The van der Waals surface area contributed by atoms with E-state index >= 15 is 0 Å². The third-order valence-corrected chi connectivity index (χ3v) is 4.14. The number of amides is 1. The van der Waals surface area contributed by atoms with Crippen molar-refractivity contribution >= 4 is 28.7 Å². The molecule has 4 nitrogen and oxygen atoms in total. The van der Waals surface area contributed by atoms with E-state index in [1.807, 2.05) is 25.1 Å². The van der Waals surface area contributed by atoms with Gasteiger partial charge >= 0.3 is 0 Å². The number of hydrogen-bond acceptors (Lipinski definition) is 4. The molecule has 0 aliphatic carbocycles. The molecule has 0 saturated carbocycles. The third-order valence-electron chi connectivity index (χ3n) is 3.36. The van der Waals surface area contributed by atoms with Crippen molar-refractivity contribution in [3.63, 3.8) is 0 Å². The van der Waals surface area contributed by atoms with E-state index in [4.69, 9.17) is 0 Å². The monoisotopic (exact) mass is 286 g/mol. The van der Waals surface area contributed by atoms with E-state index in [1.165, 1.54) is 11.3 Å². The van der Waals surface area contributed by atoms with Crippen LogP contribution in [-0.2, 0) is 0 Å². The molecule has 3 rings (SSSR count). The molecule has 1 amide bonds. The quantitative estimate of drug-likeness (QED) is 0.809. The summed E-state index contributed by atoms with van der Waals surface area (Å²) in [6.07, 6.45) is 1.17. The number of benzene rings is 1. The van der Waals surface area contributed by atoms with E-state index < -0.39 is 0 Å². The Morgan fingerprint density at radius 3 is 2.90 bits per heavy atom. The molecule has 1 aliphatic heterocycles. The number of aryl methyl sites for hydroxylation is 1. The van der Waals surface area contributed by atoms with Crippen molar-refractivity contribution in [3.8, 4) is 0 Å². The average Bonchev–Trinajstić information content (AvgIpc) is 2.82. The predicted octanol–water partition coefficient (Wildman–Crippen LogP) is 3.07. The number of para-hydroxylation sites is 1. The zero-order chi connectivity index (χ0) is 14.1. The lowest BCUT2D eigenvalue weighted by atomic mass is 10.1. The van der Waals surface area contributed by atoms with Gasteiger partial charge in [0.2, 0.25) is 0 Å². The minimum absolute atomic E-state index is 0.102. The molecular weight excluding hydrogens is 272 g/mol. The van der Waals surface area contributed by atoms with Gasteiger partial charge in [0, 0.05) is 23.9 Å². The van der Waals surface area contributed by atoms with Crippen LogP contribution in [0.25, 0.3) is 0 Å². The second-order valence-electron chi connectivity index (χ2n) is 4.75. The first-order valence-corrected chi connectivity index (χ1v) is 7.41. The Kier molecular flexibility index (Phi) is 3.36. The summed E-state index contributed by atoms with van der Waals surface area (Å²) in [5.74, 6) is -0.0261. The maximum Gasteiger partial charge on any atom is 0.277 e. The molecule has 0 atom stereocenters. The highest BCUT2D eigenvalue weighted by atomic mass is 32.1. The number of aromatic nitrogens is 1. The second-order valence-corrected chi connectivity index (χ2v) is 5.81. The van der Waals surface area contributed by atoms with Gasteiger partial charge in [-0.25, -0.2) is 4.98 Å². The fourth-order valence-electron chi connectivity index (χ4n) is 2.41. The summed E-state index contributed by atoms with van der Waals surface area (Å²) in [6, 6.07) is 7.30. The summed E-state index contributed by atoms with van der Waals surface area (Å²) in [6.45, 7) is 2.43. The summed E-state index contributed by atoms with van der Waals surface area (Å²) in [7, 11) is 0. The van der Waals surface area contributed by atoms with E-state index in [0.717, 1.165) is 5.01 Å². The van der Waals surface area contributed by atoms with Gasteiger partial charge < -0.3 is 4.90 Å². The number of carbonyl (C=O) groups is 2. The number of thiazole rings is 1. The zero-order valence-corrected chi connectivity index (χ0v) is 11.9. The second kappa shape index (κ2) is 5.17. The van der Waals surface area contributed by atoms with Crippen LogP contribution >= 0.6 is 11.3 Å². The van der Waals surface area contributed by atoms with Crippen LogP contribution in [0.1, 0.15) is 38.7 Å². The lowest BCUT2D eigenvalue weighted by Crippen LogP contribution is -2.32. The lowest BCUT2D eigenvalue weighted by Gasteiger charge is -2.21. The van der Waals surface area contributed by atoms with Gasteiger partial charge in [-0.1, -0.05) is 12.1 Å². The highest BCUT2D eigenvalue weighted by Gasteiger charge is 2.26. The Bertz CT molecular complexity index is 678. The van der Waals surface area contributed by atoms with Crippen LogP contribution in [0.3, 0.4) is 0 Å². The highest BCUT2D eigenvalue weighted by Crippen LogP contribution is 2.27. The smallest absolute Gasteiger partial charge is 0.277 e. The van der Waals surface area contributed by atoms with E-state index in [0.29, 0.717) is 36.3 Å². The van der Waals surface area contributed by atoms with Crippen molar-refractivity contribution < 1.29 is 9.59 Å². The Morgan fingerprint density at radius 2 is 2.15 bits per heavy atom. The Morgan fingerprint density at radius 1 is 1.35 bits per heavy atom. The Labute approximate surface area is 121 Å². The number of ketones is 1. The topological polar surface area (TPSA) is 50.3 Å². The van der Waals surface area contributed by atoms with Crippen molar-refractivity contribution in [3.05, 3.63) is 45.9 Å². The minimum atomic E-state index is -0.128. The molecule has 0 fully saturated rings. The Hall–Kier alpha value is -2.01. The van der Waals surface area contributed by atoms with Crippen LogP contribution in [0, 0.1) is 6.92 Å². The number of rotatable bonds is 1. The Balaban J connectivity index is 2.03. The fourth-order valence-corrected chi connectivity index (χ4v) is 3.00. The molecule has 0 spiro atoms. The van der Waals surface area contributed by atoms with Crippen LogP contribution in [-0.4, -0.2) is 23.2 Å². The molecular formula is C15H14N2O2S. The normalized spacial score (nSPS) is 14.8. The molecule has 0 unspecified atom stereocenters. The van der Waals surface area contributed by atoms with Crippen molar-refractivity contribution in [2.75, 3.05) is 11.4 Å². The van der Waals surface area contributed by atoms with Gasteiger partial charge in [0.05, 0.1) is 10.7 Å². The van der Waals surface area contributed by atoms with Crippen molar-refractivity contribution in [1.29, 1.82) is 0 Å². The molecule has 0 saturated heterocycles. The molecule has 1 aromatic heterocycles. The van der Waals surface area contributed by atoms with Gasteiger partial charge in [0.1, 0.15) is 5.69 Å². The first-order valence-electron chi connectivity index (χ1n) is 6.53. The average molecular weight is 286 g/mol. The van der Waals surface area contributed by atoms with Crippen LogP contribution < -0.4 is 4.90 Å². The van der Waals surface area contributed by atoms with Crippen molar-refractivity contribution in [2.45, 2.75) is 19.8 Å². The number of hydrogen-bond donors (Lipinski definition) is 0. The molecule has 2 heterocycles. The lowest BCUT2D eigenvalue weighted by molar-refractivity contribution is 0.0972. The molecule has 2 aromatic rings. The van der Waals surface area contributed by atoms with Gasteiger partial charge in [-0.3, -0.25) is 9.59 Å². The van der Waals surface area contributed by atoms with Crippen molar-refractivity contribution in [2.24, 2.45) is 0 Å². The maximum atomic E-state index is 12.6. The number of nitrogens with zero attached hydrogens (tertiary/aromatic N) is 2. The summed E-state index contributed by atoms with van der Waals surface area (Å²) in [4.78, 5) is 30.6. The number of fused-ring (bicyclic) bond motifs is 1. The largest absolute Gasteiger partial charge is 0.306 e. The van der Waals surface area contributed by atoms with Gasteiger partial charge in [0.15, 0.2) is 5.78 Å². The van der Waals surface area contributed by atoms with E-state index in [-0.39, 0.29) is 11.7 Å². The van der Waals surface area contributed by atoms with Crippen LogP contribution in [0.15, 0.2) is 29.6 Å². The standard InChI is InChI=1S/C15H14N2O2S/c1-10-16-12(9-20-10)15(19)17-8-4-7-14(18)11-5-2-3-6-13(11)17/h2-3,5-6,9H,4,7-8H2,1H3. The molecule has 1 aromatic carbocycles. The molecule has 0 bridgehead atoms. The first-order chi connectivity index (χ1) is 9.66.